The van der Waals surface area contributed by atoms with Crippen molar-refractivity contribution in [3.05, 3.63) is 59.1 Å². The summed E-state index contributed by atoms with van der Waals surface area (Å²) >= 11 is 1.37. The molecule has 0 aliphatic rings. The summed E-state index contributed by atoms with van der Waals surface area (Å²) in [6.45, 7) is 0. The van der Waals surface area contributed by atoms with Crippen molar-refractivity contribution < 1.29 is 19.7 Å². The number of phenols is 2. The fourth-order valence-corrected chi connectivity index (χ4v) is 2.93. The van der Waals surface area contributed by atoms with Gasteiger partial charge in [-0.25, -0.2) is 4.98 Å². The van der Waals surface area contributed by atoms with Crippen LogP contribution in [0.3, 0.4) is 0 Å². The van der Waals surface area contributed by atoms with Gasteiger partial charge in [0.2, 0.25) is 11.5 Å². The largest absolute Gasteiger partial charge is 0.504 e. The average molecular weight is 327 g/mol. The van der Waals surface area contributed by atoms with E-state index in [1.807, 2.05) is 30.3 Å². The molecule has 0 saturated carbocycles. The number of thiazole rings is 1. The minimum atomic E-state index is -0.411. The molecular formula is C17H13NO4S. The van der Waals surface area contributed by atoms with Crippen LogP contribution in [0.5, 0.6) is 17.2 Å². The van der Waals surface area contributed by atoms with Crippen molar-refractivity contribution in [3.63, 3.8) is 0 Å². The Hall–Kier alpha value is -2.86. The van der Waals surface area contributed by atoms with Gasteiger partial charge in [0.15, 0.2) is 11.5 Å². The lowest BCUT2D eigenvalue weighted by Crippen LogP contribution is -2.02. The van der Waals surface area contributed by atoms with Crippen LogP contribution in [0.15, 0.2) is 47.8 Å². The quantitative estimate of drug-likeness (QED) is 0.566. The molecule has 116 valence electrons. The summed E-state index contributed by atoms with van der Waals surface area (Å²) in [4.78, 5) is 16.9. The maximum atomic E-state index is 12.5. The number of carbonyl (C=O) groups is 1. The smallest absolute Gasteiger partial charge is 0.212 e. The number of nitrogens with zero attached hydrogens (tertiary/aromatic N) is 1. The molecule has 0 spiro atoms. The predicted molar refractivity (Wildman–Crippen MR) is 87.3 cm³/mol. The van der Waals surface area contributed by atoms with Gasteiger partial charge in [-0.3, -0.25) is 4.79 Å². The number of rotatable bonds is 4. The lowest BCUT2D eigenvalue weighted by molar-refractivity contribution is 0.103. The fourth-order valence-electron chi connectivity index (χ4n) is 2.12. The molecule has 0 aliphatic carbocycles. The molecule has 2 aromatic carbocycles. The first-order chi connectivity index (χ1) is 11.1. The Balaban J connectivity index is 1.96. The van der Waals surface area contributed by atoms with Crippen LogP contribution in [-0.2, 0) is 0 Å². The van der Waals surface area contributed by atoms with Crippen LogP contribution >= 0.6 is 11.3 Å². The van der Waals surface area contributed by atoms with Gasteiger partial charge < -0.3 is 14.9 Å². The molecule has 0 atom stereocenters. The van der Waals surface area contributed by atoms with Gasteiger partial charge in [0, 0.05) is 16.5 Å². The summed E-state index contributed by atoms with van der Waals surface area (Å²) in [5.41, 5.74) is 1.41. The zero-order chi connectivity index (χ0) is 16.4. The van der Waals surface area contributed by atoms with Crippen LogP contribution in [0.4, 0.5) is 0 Å². The Morgan fingerprint density at radius 2 is 1.91 bits per heavy atom. The van der Waals surface area contributed by atoms with Gasteiger partial charge in [0.1, 0.15) is 10.7 Å². The number of benzene rings is 2. The van der Waals surface area contributed by atoms with Crippen molar-refractivity contribution in [2.24, 2.45) is 0 Å². The SMILES string of the molecule is COc1cc(C(=O)c2csc(-c3ccccc3)n2)cc(O)c1O. The average Bonchev–Trinajstić information content (AvgIpc) is 3.07. The lowest BCUT2D eigenvalue weighted by Gasteiger charge is -2.07. The van der Waals surface area contributed by atoms with Gasteiger partial charge in [0.25, 0.3) is 0 Å². The van der Waals surface area contributed by atoms with Crippen molar-refractivity contribution in [1.29, 1.82) is 0 Å². The van der Waals surface area contributed by atoms with E-state index < -0.39 is 11.5 Å². The van der Waals surface area contributed by atoms with Gasteiger partial charge in [-0.05, 0) is 12.1 Å². The molecule has 0 unspecified atom stereocenters. The van der Waals surface area contributed by atoms with E-state index in [-0.39, 0.29) is 22.8 Å². The van der Waals surface area contributed by atoms with E-state index in [1.165, 1.54) is 30.6 Å². The van der Waals surface area contributed by atoms with E-state index in [1.54, 1.807) is 5.38 Å². The molecule has 0 saturated heterocycles. The summed E-state index contributed by atoms with van der Waals surface area (Å²) < 4.78 is 4.95. The molecule has 23 heavy (non-hydrogen) atoms. The van der Waals surface area contributed by atoms with E-state index in [2.05, 4.69) is 4.98 Å². The van der Waals surface area contributed by atoms with Crippen molar-refractivity contribution in [1.82, 2.24) is 4.98 Å². The van der Waals surface area contributed by atoms with E-state index >= 15 is 0 Å². The highest BCUT2D eigenvalue weighted by molar-refractivity contribution is 7.13. The maximum Gasteiger partial charge on any atom is 0.212 e. The zero-order valence-electron chi connectivity index (χ0n) is 12.2. The number of ether oxygens (including phenoxy) is 1. The molecule has 0 amide bonds. The van der Waals surface area contributed by atoms with E-state index in [0.29, 0.717) is 0 Å². The Labute approximate surface area is 136 Å². The lowest BCUT2D eigenvalue weighted by atomic mass is 10.1. The first-order valence-electron chi connectivity index (χ1n) is 6.75. The second-order valence-electron chi connectivity index (χ2n) is 4.78. The van der Waals surface area contributed by atoms with Crippen LogP contribution in [0.2, 0.25) is 0 Å². The van der Waals surface area contributed by atoms with E-state index in [4.69, 9.17) is 4.74 Å². The number of aromatic nitrogens is 1. The van der Waals surface area contributed by atoms with Gasteiger partial charge in [-0.1, -0.05) is 30.3 Å². The van der Waals surface area contributed by atoms with Crippen molar-refractivity contribution >= 4 is 17.1 Å². The number of aromatic hydroxyl groups is 2. The topological polar surface area (TPSA) is 79.7 Å². The first kappa shape index (κ1) is 15.1. The van der Waals surface area contributed by atoms with Crippen LogP contribution in [-0.4, -0.2) is 28.1 Å². The number of carbonyl (C=O) groups excluding carboxylic acids is 1. The number of hydrogen-bond acceptors (Lipinski definition) is 6. The Morgan fingerprint density at radius 3 is 2.61 bits per heavy atom. The summed E-state index contributed by atoms with van der Waals surface area (Å²) in [6.07, 6.45) is 0. The molecule has 6 heteroatoms. The summed E-state index contributed by atoms with van der Waals surface area (Å²) in [6, 6.07) is 12.1. The van der Waals surface area contributed by atoms with Crippen LogP contribution < -0.4 is 4.74 Å². The maximum absolute atomic E-state index is 12.5. The van der Waals surface area contributed by atoms with E-state index in [0.717, 1.165) is 10.6 Å². The third-order valence-electron chi connectivity index (χ3n) is 3.29. The summed E-state index contributed by atoms with van der Waals surface area (Å²) in [7, 11) is 1.35. The molecule has 0 radical (unpaired) electrons. The predicted octanol–water partition coefficient (Wildman–Crippen LogP) is 3.46. The van der Waals surface area contributed by atoms with Gasteiger partial charge in [0.05, 0.1) is 7.11 Å². The third kappa shape index (κ3) is 2.89. The Kier molecular flexibility index (Phi) is 3.99. The van der Waals surface area contributed by atoms with E-state index in [9.17, 15) is 15.0 Å². The minimum Gasteiger partial charge on any atom is -0.504 e. The van der Waals surface area contributed by atoms with Crippen LogP contribution in [0.1, 0.15) is 16.1 Å². The second kappa shape index (κ2) is 6.10. The molecule has 3 aromatic rings. The summed E-state index contributed by atoms with van der Waals surface area (Å²) in [5, 5.41) is 21.7. The molecule has 3 rings (SSSR count). The minimum absolute atomic E-state index is 0.0341. The van der Waals surface area contributed by atoms with Gasteiger partial charge in [-0.15, -0.1) is 11.3 Å². The Morgan fingerprint density at radius 1 is 1.17 bits per heavy atom. The van der Waals surface area contributed by atoms with Crippen LogP contribution in [0, 0.1) is 0 Å². The highest BCUT2D eigenvalue weighted by Gasteiger charge is 2.18. The number of phenolic OH excluding ortho intramolecular Hbond substituents is 2. The normalized spacial score (nSPS) is 10.5. The van der Waals surface area contributed by atoms with Crippen LogP contribution in [0.25, 0.3) is 10.6 Å². The molecule has 1 aromatic heterocycles. The zero-order valence-corrected chi connectivity index (χ0v) is 13.0. The van der Waals surface area contributed by atoms with Crippen molar-refractivity contribution in [2.45, 2.75) is 0 Å². The highest BCUT2D eigenvalue weighted by atomic mass is 32.1. The molecule has 1 heterocycles. The van der Waals surface area contributed by atoms with Gasteiger partial charge >= 0.3 is 0 Å². The molecule has 2 N–H and O–H groups in total. The Bertz CT molecular complexity index is 858. The first-order valence-corrected chi connectivity index (χ1v) is 7.63. The monoisotopic (exact) mass is 327 g/mol. The molecule has 5 nitrogen and oxygen atoms in total. The number of hydrogen-bond donors (Lipinski definition) is 2. The highest BCUT2D eigenvalue weighted by Crippen LogP contribution is 2.37. The molecule has 0 fully saturated rings. The fraction of sp³-hybridized carbons (Fsp3) is 0.0588. The molecule has 0 bridgehead atoms. The number of methoxy groups -OCH3 is 1. The second-order valence-corrected chi connectivity index (χ2v) is 5.64. The number of ketones is 1. The summed E-state index contributed by atoms with van der Waals surface area (Å²) in [5.74, 6) is -1.12. The third-order valence-corrected chi connectivity index (χ3v) is 4.19. The molecule has 0 aliphatic heterocycles. The molecular weight excluding hydrogens is 314 g/mol. The van der Waals surface area contributed by atoms with Crippen molar-refractivity contribution in [3.8, 4) is 27.8 Å². The standard InChI is InChI=1S/C17H13NO4S/c1-22-14-8-11(7-13(19)16(14)21)15(20)12-9-23-17(18-12)10-5-3-2-4-6-10/h2-9,19,21H,1H3. The van der Waals surface area contributed by atoms with Crippen molar-refractivity contribution in [2.75, 3.05) is 7.11 Å². The van der Waals surface area contributed by atoms with Gasteiger partial charge in [-0.2, -0.15) is 0 Å².